The molecule has 1 heterocycles. The number of rotatable bonds is 8. The molecule has 2 fully saturated rings. The molecule has 1 aliphatic heterocycles. The molecule has 1 amide bonds. The van der Waals surface area contributed by atoms with Gasteiger partial charge >= 0.3 is 5.69 Å². The van der Waals surface area contributed by atoms with Gasteiger partial charge in [-0.3, -0.25) is 29.9 Å². The normalized spacial score (nSPS) is 17.5. The lowest BCUT2D eigenvalue weighted by Crippen LogP contribution is -2.39. The summed E-state index contributed by atoms with van der Waals surface area (Å²) in [4.78, 5) is 36.4. The lowest BCUT2D eigenvalue weighted by Gasteiger charge is -2.29. The summed E-state index contributed by atoms with van der Waals surface area (Å²) in [5.74, 6) is 0.242. The number of non-ortho nitro benzene ring substituents is 1. The minimum Gasteiger partial charge on any atom is -0.490 e. The first-order valence-corrected chi connectivity index (χ1v) is 12.7. The van der Waals surface area contributed by atoms with Crippen LogP contribution in [0.4, 0.5) is 11.4 Å². The monoisotopic (exact) mass is 529 g/mol. The molecule has 0 radical (unpaired) electrons. The molecule has 2 aliphatic rings. The number of amides is 1. The fourth-order valence-electron chi connectivity index (χ4n) is 4.22. The van der Waals surface area contributed by atoms with Gasteiger partial charge in [-0.1, -0.05) is 49.3 Å². The first-order chi connectivity index (χ1) is 17.3. The fraction of sp³-hybridized carbons (Fsp3) is 0.333. The van der Waals surface area contributed by atoms with Gasteiger partial charge in [0, 0.05) is 12.1 Å². The zero-order chi connectivity index (χ0) is 25.8. The number of thiocarbonyl (C=S) groups is 1. The molecule has 1 aliphatic carbocycles. The summed E-state index contributed by atoms with van der Waals surface area (Å²) >= 11 is 6.77. The van der Waals surface area contributed by atoms with Gasteiger partial charge < -0.3 is 9.47 Å². The van der Waals surface area contributed by atoms with Crippen molar-refractivity contribution >= 4 is 51.7 Å². The highest BCUT2D eigenvalue weighted by atomic mass is 32.2. The maximum atomic E-state index is 13.1. The van der Waals surface area contributed by atoms with E-state index in [4.69, 9.17) is 21.7 Å². The number of carbonyl (C=O) groups excluding carboxylic acids is 1. The fourth-order valence-corrected chi connectivity index (χ4v) is 5.62. The van der Waals surface area contributed by atoms with E-state index >= 15 is 0 Å². The summed E-state index contributed by atoms with van der Waals surface area (Å²) in [7, 11) is 0. The number of hydrogen-bond donors (Lipinski definition) is 0. The first kappa shape index (κ1) is 25.6. The van der Waals surface area contributed by atoms with Crippen molar-refractivity contribution in [3.8, 4) is 17.2 Å². The van der Waals surface area contributed by atoms with E-state index in [0.29, 0.717) is 27.1 Å². The van der Waals surface area contributed by atoms with Crippen molar-refractivity contribution in [3.05, 3.63) is 67.1 Å². The molecule has 36 heavy (non-hydrogen) atoms. The van der Waals surface area contributed by atoms with Crippen LogP contribution in [0.3, 0.4) is 0 Å². The summed E-state index contributed by atoms with van der Waals surface area (Å²) in [5.41, 5.74) is -0.282. The lowest BCUT2D eigenvalue weighted by molar-refractivity contribution is -0.394. The molecule has 12 heteroatoms. The average Bonchev–Trinajstić information content (AvgIpc) is 3.13. The lowest BCUT2D eigenvalue weighted by atomic mass is 9.94. The van der Waals surface area contributed by atoms with Crippen molar-refractivity contribution in [2.24, 2.45) is 0 Å². The van der Waals surface area contributed by atoms with E-state index in [1.54, 1.807) is 36.1 Å². The van der Waals surface area contributed by atoms with Crippen molar-refractivity contribution < 1.29 is 24.1 Å². The van der Waals surface area contributed by atoms with Gasteiger partial charge in [-0.05, 0) is 49.6 Å². The molecule has 1 saturated heterocycles. The Labute approximate surface area is 216 Å². The van der Waals surface area contributed by atoms with Gasteiger partial charge in [0.15, 0.2) is 11.5 Å². The Bertz CT molecular complexity index is 1260. The highest BCUT2D eigenvalue weighted by Gasteiger charge is 2.37. The number of carbonyl (C=O) groups is 1. The zero-order valence-corrected chi connectivity index (χ0v) is 21.0. The molecular formula is C24H23N3O7S2. The van der Waals surface area contributed by atoms with Gasteiger partial charge in [0.2, 0.25) is 5.75 Å². The van der Waals surface area contributed by atoms with E-state index in [1.807, 2.05) is 0 Å². The number of benzene rings is 2. The van der Waals surface area contributed by atoms with Crippen molar-refractivity contribution in [1.29, 1.82) is 0 Å². The summed E-state index contributed by atoms with van der Waals surface area (Å²) in [6.45, 7) is 2.08. The number of nitro groups is 2. The third kappa shape index (κ3) is 5.49. The smallest absolute Gasteiger partial charge is 0.318 e. The number of thioether (sulfide) groups is 1. The largest absolute Gasteiger partial charge is 0.490 e. The van der Waals surface area contributed by atoms with Crippen LogP contribution in [-0.2, 0) is 4.79 Å². The predicted octanol–water partition coefficient (Wildman–Crippen LogP) is 6.23. The number of nitrogens with zero attached hydrogens (tertiary/aromatic N) is 3. The molecule has 0 spiro atoms. The Hall–Kier alpha value is -3.51. The van der Waals surface area contributed by atoms with Gasteiger partial charge in [0.1, 0.15) is 4.32 Å². The van der Waals surface area contributed by atoms with Gasteiger partial charge in [0.05, 0.1) is 27.4 Å². The molecule has 2 aromatic carbocycles. The molecule has 4 rings (SSSR count). The Morgan fingerprint density at radius 1 is 1.06 bits per heavy atom. The minimum atomic E-state index is -0.745. The maximum Gasteiger partial charge on any atom is 0.318 e. The molecule has 0 N–H and O–H groups in total. The minimum absolute atomic E-state index is 0.100. The Morgan fingerprint density at radius 3 is 2.44 bits per heavy atom. The van der Waals surface area contributed by atoms with Crippen LogP contribution >= 0.6 is 24.0 Å². The number of hydrogen-bond acceptors (Lipinski definition) is 9. The SMILES string of the molecule is CCOc1cc(/C=C2\SC(=S)N(C3CCCCC3)C2=O)ccc1Oc1ccc([N+](=O)[O-])cc1[N+](=O)[O-]. The summed E-state index contributed by atoms with van der Waals surface area (Å²) < 4.78 is 12.0. The van der Waals surface area contributed by atoms with E-state index in [2.05, 4.69) is 0 Å². The van der Waals surface area contributed by atoms with Crippen LogP contribution in [-0.4, -0.2) is 37.6 Å². The molecule has 10 nitrogen and oxygen atoms in total. The zero-order valence-electron chi connectivity index (χ0n) is 19.4. The molecule has 1 saturated carbocycles. The second-order valence-electron chi connectivity index (χ2n) is 8.25. The van der Waals surface area contributed by atoms with Crippen molar-refractivity contribution in [3.63, 3.8) is 0 Å². The van der Waals surface area contributed by atoms with Gasteiger partial charge in [-0.25, -0.2) is 0 Å². The molecule has 0 aromatic heterocycles. The standard InChI is InChI=1S/C24H23N3O7S2/c1-2-33-21-12-15(13-22-23(28)25(24(35)36-22)16-6-4-3-5-7-16)8-10-20(21)34-19-11-9-17(26(29)30)14-18(19)27(31)32/h8-14,16H,2-7H2,1H3/b22-13-. The van der Waals surface area contributed by atoms with E-state index < -0.39 is 21.2 Å². The van der Waals surface area contributed by atoms with Crippen molar-refractivity contribution in [2.45, 2.75) is 45.1 Å². The van der Waals surface area contributed by atoms with E-state index in [9.17, 15) is 25.0 Å². The van der Waals surface area contributed by atoms with Crippen LogP contribution in [0.5, 0.6) is 17.2 Å². The third-order valence-electron chi connectivity index (χ3n) is 5.90. The molecule has 0 bridgehead atoms. The number of ether oxygens (including phenoxy) is 2. The average molecular weight is 530 g/mol. The Kier molecular flexibility index (Phi) is 7.85. The van der Waals surface area contributed by atoms with Crippen LogP contribution in [0.2, 0.25) is 0 Å². The highest BCUT2D eigenvalue weighted by molar-refractivity contribution is 8.26. The van der Waals surface area contributed by atoms with Crippen LogP contribution in [0.25, 0.3) is 6.08 Å². The van der Waals surface area contributed by atoms with Crippen LogP contribution < -0.4 is 9.47 Å². The van der Waals surface area contributed by atoms with E-state index in [1.165, 1.54) is 24.2 Å². The van der Waals surface area contributed by atoms with Crippen molar-refractivity contribution in [2.75, 3.05) is 6.61 Å². The van der Waals surface area contributed by atoms with E-state index in [0.717, 1.165) is 37.8 Å². The Morgan fingerprint density at radius 2 is 1.78 bits per heavy atom. The number of nitro benzene ring substituents is 2. The molecule has 2 aromatic rings. The van der Waals surface area contributed by atoms with Gasteiger partial charge in [-0.15, -0.1) is 0 Å². The van der Waals surface area contributed by atoms with Crippen LogP contribution in [0.1, 0.15) is 44.6 Å². The molecule has 188 valence electrons. The van der Waals surface area contributed by atoms with Crippen molar-refractivity contribution in [1.82, 2.24) is 4.90 Å². The summed E-state index contributed by atoms with van der Waals surface area (Å²) in [5, 5.41) is 22.5. The van der Waals surface area contributed by atoms with E-state index in [-0.39, 0.29) is 23.4 Å². The molecule has 0 unspecified atom stereocenters. The van der Waals surface area contributed by atoms with Gasteiger partial charge in [-0.2, -0.15) is 0 Å². The van der Waals surface area contributed by atoms with Gasteiger partial charge in [0.25, 0.3) is 11.6 Å². The first-order valence-electron chi connectivity index (χ1n) is 11.4. The summed E-state index contributed by atoms with van der Waals surface area (Å²) in [6.07, 6.45) is 7.01. The topological polar surface area (TPSA) is 125 Å². The second kappa shape index (κ2) is 11.0. The molecule has 0 atom stereocenters. The summed E-state index contributed by atoms with van der Waals surface area (Å²) in [6, 6.07) is 8.24. The molecular weight excluding hydrogens is 506 g/mol. The highest BCUT2D eigenvalue weighted by Crippen LogP contribution is 2.41. The Balaban J connectivity index is 1.60. The van der Waals surface area contributed by atoms with Crippen LogP contribution in [0.15, 0.2) is 41.3 Å². The quantitative estimate of drug-likeness (QED) is 0.169. The third-order valence-corrected chi connectivity index (χ3v) is 7.23. The maximum absolute atomic E-state index is 13.1. The van der Waals surface area contributed by atoms with Crippen LogP contribution in [0, 0.1) is 20.2 Å². The second-order valence-corrected chi connectivity index (χ2v) is 9.93. The predicted molar refractivity (Wildman–Crippen MR) is 139 cm³/mol.